The highest BCUT2D eigenvalue weighted by atomic mass is 127. The molecule has 2 aromatic carbocycles. The van der Waals surface area contributed by atoms with E-state index in [-0.39, 0.29) is 5.91 Å². The van der Waals surface area contributed by atoms with E-state index < -0.39 is 6.09 Å². The Morgan fingerprint density at radius 2 is 1.67 bits per heavy atom. The van der Waals surface area contributed by atoms with Gasteiger partial charge >= 0.3 is 6.09 Å². The van der Waals surface area contributed by atoms with Crippen molar-refractivity contribution in [2.75, 3.05) is 17.7 Å². The molecule has 0 saturated carbocycles. The molecule has 21 heavy (non-hydrogen) atoms. The van der Waals surface area contributed by atoms with Crippen molar-refractivity contribution < 1.29 is 14.3 Å². The monoisotopic (exact) mass is 396 g/mol. The number of rotatable bonds is 3. The molecule has 2 rings (SSSR count). The molecule has 5 nitrogen and oxygen atoms in total. The fourth-order valence-corrected chi connectivity index (χ4v) is 2.32. The van der Waals surface area contributed by atoms with Crippen LogP contribution in [0.5, 0.6) is 0 Å². The Labute approximate surface area is 135 Å². The summed E-state index contributed by atoms with van der Waals surface area (Å²) in [5.74, 6) is -0.199. The molecular formula is C15H13IN2O3. The van der Waals surface area contributed by atoms with Crippen LogP contribution in [0.2, 0.25) is 0 Å². The summed E-state index contributed by atoms with van der Waals surface area (Å²) < 4.78 is 5.39. The van der Waals surface area contributed by atoms with Gasteiger partial charge in [-0.3, -0.25) is 10.1 Å². The maximum Gasteiger partial charge on any atom is 0.411 e. The van der Waals surface area contributed by atoms with Gasteiger partial charge < -0.3 is 10.1 Å². The van der Waals surface area contributed by atoms with Gasteiger partial charge in [-0.05, 0) is 52.9 Å². The van der Waals surface area contributed by atoms with Gasteiger partial charge in [-0.25, -0.2) is 4.79 Å². The highest BCUT2D eigenvalue weighted by Gasteiger charge is 2.10. The lowest BCUT2D eigenvalue weighted by Crippen LogP contribution is -2.14. The average molecular weight is 396 g/mol. The number of ether oxygens (including phenoxy) is 1. The third kappa shape index (κ3) is 4.19. The van der Waals surface area contributed by atoms with Gasteiger partial charge in [0.1, 0.15) is 0 Å². The van der Waals surface area contributed by atoms with E-state index in [2.05, 4.69) is 38.0 Å². The summed E-state index contributed by atoms with van der Waals surface area (Å²) in [5.41, 5.74) is 1.74. The van der Waals surface area contributed by atoms with Crippen molar-refractivity contribution in [2.24, 2.45) is 0 Å². The summed E-state index contributed by atoms with van der Waals surface area (Å²) in [6.07, 6.45) is -0.559. The normalized spacial score (nSPS) is 9.81. The first-order chi connectivity index (χ1) is 10.1. The van der Waals surface area contributed by atoms with Crippen LogP contribution in [0.15, 0.2) is 48.5 Å². The van der Waals surface area contributed by atoms with Crippen LogP contribution in [0.3, 0.4) is 0 Å². The lowest BCUT2D eigenvalue weighted by molar-refractivity contribution is 0.102. The molecule has 0 heterocycles. The zero-order valence-corrected chi connectivity index (χ0v) is 13.4. The molecule has 0 spiro atoms. The van der Waals surface area contributed by atoms with Gasteiger partial charge in [0, 0.05) is 14.9 Å². The molecule has 0 atom stereocenters. The van der Waals surface area contributed by atoms with Crippen molar-refractivity contribution in [3.63, 3.8) is 0 Å². The molecule has 0 saturated heterocycles. The van der Waals surface area contributed by atoms with E-state index in [1.54, 1.807) is 30.3 Å². The summed E-state index contributed by atoms with van der Waals surface area (Å²) in [5, 5.41) is 5.34. The van der Waals surface area contributed by atoms with Gasteiger partial charge in [-0.2, -0.15) is 0 Å². The van der Waals surface area contributed by atoms with Crippen molar-refractivity contribution in [1.29, 1.82) is 0 Å². The van der Waals surface area contributed by atoms with Gasteiger partial charge in [0.15, 0.2) is 0 Å². The summed E-state index contributed by atoms with van der Waals surface area (Å²) in [6, 6.07) is 14.2. The van der Waals surface area contributed by atoms with Crippen LogP contribution in [0.1, 0.15) is 10.4 Å². The fraction of sp³-hybridized carbons (Fsp3) is 0.0667. The number of carbonyl (C=O) groups is 2. The van der Waals surface area contributed by atoms with E-state index in [1.165, 1.54) is 7.11 Å². The molecule has 0 aliphatic rings. The topological polar surface area (TPSA) is 67.4 Å². The van der Waals surface area contributed by atoms with Crippen molar-refractivity contribution in [2.45, 2.75) is 0 Å². The second kappa shape index (κ2) is 7.07. The predicted octanol–water partition coefficient (Wildman–Crippen LogP) is 3.72. The molecule has 0 aliphatic heterocycles. The van der Waals surface area contributed by atoms with Gasteiger partial charge in [0.2, 0.25) is 0 Å². The van der Waals surface area contributed by atoms with Gasteiger partial charge in [0.25, 0.3) is 5.91 Å². The molecule has 2 amide bonds. The molecule has 6 heteroatoms. The molecule has 108 valence electrons. The van der Waals surface area contributed by atoms with Crippen LogP contribution < -0.4 is 10.6 Å². The van der Waals surface area contributed by atoms with E-state index in [0.29, 0.717) is 16.9 Å². The van der Waals surface area contributed by atoms with Gasteiger partial charge in [-0.15, -0.1) is 0 Å². The number of benzene rings is 2. The molecule has 0 radical (unpaired) electrons. The number of methoxy groups -OCH3 is 1. The molecule has 0 fully saturated rings. The zero-order valence-electron chi connectivity index (χ0n) is 11.2. The number of carbonyl (C=O) groups excluding carboxylic acids is 2. The predicted molar refractivity (Wildman–Crippen MR) is 89.6 cm³/mol. The van der Waals surface area contributed by atoms with Crippen LogP contribution in [-0.2, 0) is 4.74 Å². The minimum Gasteiger partial charge on any atom is -0.453 e. The molecule has 2 aromatic rings. The van der Waals surface area contributed by atoms with Gasteiger partial charge in [0.05, 0.1) is 12.7 Å². The lowest BCUT2D eigenvalue weighted by atomic mass is 10.2. The van der Waals surface area contributed by atoms with Crippen molar-refractivity contribution in [1.82, 2.24) is 0 Å². The van der Waals surface area contributed by atoms with Crippen molar-refractivity contribution in [3.05, 3.63) is 57.7 Å². The van der Waals surface area contributed by atoms with Crippen molar-refractivity contribution in [3.8, 4) is 0 Å². The van der Waals surface area contributed by atoms with E-state index in [9.17, 15) is 9.59 Å². The van der Waals surface area contributed by atoms with E-state index in [4.69, 9.17) is 0 Å². The van der Waals surface area contributed by atoms with E-state index >= 15 is 0 Å². The number of halogens is 1. The Morgan fingerprint density at radius 1 is 1.00 bits per heavy atom. The van der Waals surface area contributed by atoms with Crippen LogP contribution in [0.25, 0.3) is 0 Å². The standard InChI is InChI=1S/C15H13IN2O3/c1-21-15(20)18-11-6-4-5-10(9-11)17-14(19)12-7-2-3-8-13(12)16/h2-9H,1H3,(H,17,19)(H,18,20). The molecule has 0 aromatic heterocycles. The number of hydrogen-bond donors (Lipinski definition) is 2. The first-order valence-corrected chi connectivity index (χ1v) is 7.19. The lowest BCUT2D eigenvalue weighted by Gasteiger charge is -2.09. The average Bonchev–Trinajstić information content (AvgIpc) is 2.47. The maximum absolute atomic E-state index is 12.2. The molecule has 0 bridgehead atoms. The first-order valence-electron chi connectivity index (χ1n) is 6.11. The SMILES string of the molecule is COC(=O)Nc1cccc(NC(=O)c2ccccc2I)c1. The van der Waals surface area contributed by atoms with Gasteiger partial charge in [-0.1, -0.05) is 18.2 Å². The summed E-state index contributed by atoms with van der Waals surface area (Å²) in [4.78, 5) is 23.4. The Morgan fingerprint density at radius 3 is 2.33 bits per heavy atom. The Bertz CT molecular complexity index is 673. The second-order valence-electron chi connectivity index (χ2n) is 4.13. The fourth-order valence-electron chi connectivity index (χ4n) is 1.69. The van der Waals surface area contributed by atoms with E-state index in [0.717, 1.165) is 3.57 Å². The van der Waals surface area contributed by atoms with Crippen LogP contribution in [-0.4, -0.2) is 19.1 Å². The second-order valence-corrected chi connectivity index (χ2v) is 5.29. The van der Waals surface area contributed by atoms with E-state index in [1.807, 2.05) is 18.2 Å². The van der Waals surface area contributed by atoms with Crippen LogP contribution in [0.4, 0.5) is 16.2 Å². The third-order valence-electron chi connectivity index (χ3n) is 2.67. The zero-order chi connectivity index (χ0) is 15.2. The minimum atomic E-state index is -0.559. The van der Waals surface area contributed by atoms with Crippen LogP contribution in [0, 0.1) is 3.57 Å². The smallest absolute Gasteiger partial charge is 0.411 e. The first kappa shape index (κ1) is 15.3. The molecule has 2 N–H and O–H groups in total. The summed E-state index contributed by atoms with van der Waals surface area (Å²) in [6.45, 7) is 0. The molecule has 0 aliphatic carbocycles. The molecule has 0 unspecified atom stereocenters. The quantitative estimate of drug-likeness (QED) is 0.778. The summed E-state index contributed by atoms with van der Waals surface area (Å²) >= 11 is 2.11. The summed E-state index contributed by atoms with van der Waals surface area (Å²) in [7, 11) is 1.29. The number of hydrogen-bond acceptors (Lipinski definition) is 3. The Kier molecular flexibility index (Phi) is 5.15. The number of nitrogens with one attached hydrogen (secondary N) is 2. The third-order valence-corrected chi connectivity index (χ3v) is 3.61. The Hall–Kier alpha value is -2.09. The highest BCUT2D eigenvalue weighted by Crippen LogP contribution is 2.18. The minimum absolute atomic E-state index is 0.199. The maximum atomic E-state index is 12.2. The number of anilines is 2. The molecular weight excluding hydrogens is 383 g/mol. The van der Waals surface area contributed by atoms with Crippen molar-refractivity contribution >= 4 is 46.0 Å². The Balaban J connectivity index is 2.13. The number of amides is 2. The highest BCUT2D eigenvalue weighted by molar-refractivity contribution is 14.1. The van der Waals surface area contributed by atoms with Crippen LogP contribution >= 0.6 is 22.6 Å². The largest absolute Gasteiger partial charge is 0.453 e.